The quantitative estimate of drug-likeness (QED) is 0.451. The van der Waals surface area contributed by atoms with Gasteiger partial charge >= 0.3 is 11.9 Å². The van der Waals surface area contributed by atoms with Crippen molar-refractivity contribution in [2.24, 2.45) is 5.92 Å². The summed E-state index contributed by atoms with van der Waals surface area (Å²) >= 11 is 0. The number of ether oxygens (including phenoxy) is 2. The summed E-state index contributed by atoms with van der Waals surface area (Å²) in [6.07, 6.45) is 0.311. The van der Waals surface area contributed by atoms with Crippen LogP contribution in [0.15, 0.2) is 48.5 Å². The van der Waals surface area contributed by atoms with E-state index in [0.29, 0.717) is 17.5 Å². The van der Waals surface area contributed by atoms with Gasteiger partial charge in [0.25, 0.3) is 0 Å². The Hall–Kier alpha value is -2.62. The van der Waals surface area contributed by atoms with Gasteiger partial charge in [-0.05, 0) is 52.6 Å². The van der Waals surface area contributed by atoms with Crippen molar-refractivity contribution in [3.8, 4) is 0 Å². The Balaban J connectivity index is 1.94. The van der Waals surface area contributed by atoms with Crippen molar-refractivity contribution in [2.45, 2.75) is 78.7 Å². The van der Waals surface area contributed by atoms with Crippen LogP contribution in [0.2, 0.25) is 0 Å². The molecule has 4 nitrogen and oxygen atoms in total. The fourth-order valence-electron chi connectivity index (χ4n) is 3.42. The molecule has 174 valence electrons. The molecule has 2 atom stereocenters. The topological polar surface area (TPSA) is 52.6 Å². The standard InChI is InChI=1S/C28H38O4/c1-9-24(32-26(30)21-12-16-23(17-13-21)28(6,7)8)19(2)18-31-25(29)20-10-14-22(15-11-20)27(3,4)5/h10-17,19,24H,9,18H2,1-8H3. The van der Waals surface area contributed by atoms with E-state index in [1.165, 1.54) is 0 Å². The van der Waals surface area contributed by atoms with Gasteiger partial charge in [-0.3, -0.25) is 0 Å². The van der Waals surface area contributed by atoms with Crippen molar-refractivity contribution >= 4 is 11.9 Å². The van der Waals surface area contributed by atoms with E-state index in [1.54, 1.807) is 12.1 Å². The molecule has 0 amide bonds. The molecular weight excluding hydrogens is 400 g/mol. The average molecular weight is 439 g/mol. The van der Waals surface area contributed by atoms with Crippen LogP contribution in [0.1, 0.15) is 93.7 Å². The van der Waals surface area contributed by atoms with Gasteiger partial charge in [0.05, 0.1) is 17.7 Å². The lowest BCUT2D eigenvalue weighted by Gasteiger charge is -2.23. The Labute approximate surface area is 193 Å². The van der Waals surface area contributed by atoms with Crippen LogP contribution in [0.3, 0.4) is 0 Å². The zero-order valence-corrected chi connectivity index (χ0v) is 20.8. The first kappa shape index (κ1) is 25.6. The molecule has 0 radical (unpaired) electrons. The van der Waals surface area contributed by atoms with Crippen LogP contribution in [-0.4, -0.2) is 24.6 Å². The zero-order valence-electron chi connectivity index (χ0n) is 20.8. The van der Waals surface area contributed by atoms with E-state index in [9.17, 15) is 9.59 Å². The molecule has 0 saturated carbocycles. The monoisotopic (exact) mass is 438 g/mol. The molecule has 4 heteroatoms. The summed E-state index contributed by atoms with van der Waals surface area (Å²) in [5.41, 5.74) is 3.43. The molecule has 2 rings (SSSR count). The van der Waals surface area contributed by atoms with Gasteiger partial charge in [0, 0.05) is 5.92 Å². The highest BCUT2D eigenvalue weighted by Crippen LogP contribution is 2.24. The van der Waals surface area contributed by atoms with Crippen LogP contribution in [0.4, 0.5) is 0 Å². The number of hydrogen-bond donors (Lipinski definition) is 0. The molecule has 0 saturated heterocycles. The Morgan fingerprint density at radius 1 is 0.750 bits per heavy atom. The molecule has 0 heterocycles. The normalized spacial score (nSPS) is 13.9. The predicted molar refractivity (Wildman–Crippen MR) is 129 cm³/mol. The third-order valence-electron chi connectivity index (χ3n) is 5.75. The van der Waals surface area contributed by atoms with Gasteiger partial charge in [-0.1, -0.05) is 79.7 Å². The Morgan fingerprint density at radius 2 is 1.16 bits per heavy atom. The summed E-state index contributed by atoms with van der Waals surface area (Å²) < 4.78 is 11.2. The summed E-state index contributed by atoms with van der Waals surface area (Å²) in [4.78, 5) is 25.1. The SMILES string of the molecule is CCC(OC(=O)c1ccc(C(C)(C)C)cc1)C(C)COC(=O)c1ccc(C(C)(C)C)cc1. The van der Waals surface area contributed by atoms with Crippen molar-refractivity contribution < 1.29 is 19.1 Å². The molecule has 0 spiro atoms. The maximum atomic E-state index is 12.6. The van der Waals surface area contributed by atoms with E-state index < -0.39 is 0 Å². The van der Waals surface area contributed by atoms with E-state index in [-0.39, 0.29) is 41.4 Å². The van der Waals surface area contributed by atoms with Crippen molar-refractivity contribution in [1.82, 2.24) is 0 Å². The number of carbonyl (C=O) groups excluding carboxylic acids is 2. The maximum Gasteiger partial charge on any atom is 0.338 e. The van der Waals surface area contributed by atoms with Crippen molar-refractivity contribution in [1.29, 1.82) is 0 Å². The number of benzene rings is 2. The first-order valence-electron chi connectivity index (χ1n) is 11.4. The van der Waals surface area contributed by atoms with Crippen LogP contribution in [0, 0.1) is 5.92 Å². The fraction of sp³-hybridized carbons (Fsp3) is 0.500. The predicted octanol–water partition coefficient (Wildman–Crippen LogP) is 6.71. The molecule has 2 unspecified atom stereocenters. The molecule has 0 aliphatic heterocycles. The summed E-state index contributed by atoms with van der Waals surface area (Å²) in [5.74, 6) is -0.833. The second kappa shape index (κ2) is 10.3. The molecule has 32 heavy (non-hydrogen) atoms. The van der Waals surface area contributed by atoms with Gasteiger partial charge in [-0.15, -0.1) is 0 Å². The Kier molecular flexibility index (Phi) is 8.28. The number of esters is 2. The maximum absolute atomic E-state index is 12.6. The van der Waals surface area contributed by atoms with Crippen LogP contribution in [0.5, 0.6) is 0 Å². The lowest BCUT2D eigenvalue weighted by Crippen LogP contribution is -2.28. The Bertz CT molecular complexity index is 896. The lowest BCUT2D eigenvalue weighted by molar-refractivity contribution is -0.00154. The minimum absolute atomic E-state index is 0.0276. The van der Waals surface area contributed by atoms with Gasteiger partial charge < -0.3 is 9.47 Å². The van der Waals surface area contributed by atoms with Gasteiger partial charge in [0.15, 0.2) is 0 Å². The minimum Gasteiger partial charge on any atom is -0.462 e. The molecule has 0 bridgehead atoms. The molecule has 0 N–H and O–H groups in total. The van der Waals surface area contributed by atoms with Crippen LogP contribution >= 0.6 is 0 Å². The van der Waals surface area contributed by atoms with Gasteiger partial charge in [0.1, 0.15) is 6.10 Å². The molecule has 2 aromatic carbocycles. The molecule has 0 aliphatic carbocycles. The summed E-state index contributed by atoms with van der Waals surface area (Å²) in [6, 6.07) is 15.1. The molecule has 0 aliphatic rings. The largest absolute Gasteiger partial charge is 0.462 e. The fourth-order valence-corrected chi connectivity index (χ4v) is 3.42. The van der Waals surface area contributed by atoms with E-state index in [4.69, 9.17) is 9.47 Å². The highest BCUT2D eigenvalue weighted by atomic mass is 16.6. The van der Waals surface area contributed by atoms with Gasteiger partial charge in [-0.25, -0.2) is 9.59 Å². The average Bonchev–Trinajstić information content (AvgIpc) is 2.74. The molecular formula is C28H38O4. The van der Waals surface area contributed by atoms with Gasteiger partial charge in [0.2, 0.25) is 0 Å². The minimum atomic E-state index is -0.365. The van der Waals surface area contributed by atoms with Gasteiger partial charge in [-0.2, -0.15) is 0 Å². The third kappa shape index (κ3) is 6.94. The summed E-state index contributed by atoms with van der Waals surface area (Å²) in [5, 5.41) is 0. The molecule has 2 aromatic rings. The van der Waals surface area contributed by atoms with Crippen LogP contribution < -0.4 is 0 Å². The lowest BCUT2D eigenvalue weighted by atomic mass is 9.87. The van der Waals surface area contributed by atoms with Crippen molar-refractivity contribution in [3.05, 3.63) is 70.8 Å². The highest BCUT2D eigenvalue weighted by molar-refractivity contribution is 5.90. The zero-order chi connectivity index (χ0) is 24.1. The van der Waals surface area contributed by atoms with Crippen molar-refractivity contribution in [2.75, 3.05) is 6.61 Å². The van der Waals surface area contributed by atoms with Crippen LogP contribution in [0.25, 0.3) is 0 Å². The van der Waals surface area contributed by atoms with E-state index in [0.717, 1.165) is 11.1 Å². The molecule has 0 aromatic heterocycles. The number of hydrogen-bond acceptors (Lipinski definition) is 4. The molecule has 0 fully saturated rings. The summed E-state index contributed by atoms with van der Waals surface area (Å²) in [6.45, 7) is 16.9. The van der Waals surface area contributed by atoms with Crippen LogP contribution in [-0.2, 0) is 20.3 Å². The number of rotatable bonds is 7. The summed E-state index contributed by atoms with van der Waals surface area (Å²) in [7, 11) is 0. The van der Waals surface area contributed by atoms with E-state index >= 15 is 0 Å². The highest BCUT2D eigenvalue weighted by Gasteiger charge is 2.23. The van der Waals surface area contributed by atoms with E-state index in [1.807, 2.05) is 50.2 Å². The smallest absolute Gasteiger partial charge is 0.338 e. The third-order valence-corrected chi connectivity index (χ3v) is 5.75. The van der Waals surface area contributed by atoms with Crippen molar-refractivity contribution in [3.63, 3.8) is 0 Å². The second-order valence-corrected chi connectivity index (χ2v) is 10.6. The second-order valence-electron chi connectivity index (χ2n) is 10.6. The first-order valence-corrected chi connectivity index (χ1v) is 11.4. The Morgan fingerprint density at radius 3 is 1.53 bits per heavy atom. The number of carbonyl (C=O) groups is 2. The van der Waals surface area contributed by atoms with E-state index in [2.05, 4.69) is 41.5 Å². The first-order chi connectivity index (χ1) is 14.8.